The molecule has 0 aliphatic rings. The summed E-state index contributed by atoms with van der Waals surface area (Å²) in [7, 11) is -4.69. The molecule has 0 aromatic rings. The van der Waals surface area contributed by atoms with Gasteiger partial charge in [-0.1, -0.05) is 0 Å². The van der Waals surface area contributed by atoms with Gasteiger partial charge < -0.3 is 4.28 Å². The van der Waals surface area contributed by atoms with Gasteiger partial charge in [-0.15, -0.1) is 0 Å². The summed E-state index contributed by atoms with van der Waals surface area (Å²) in [5, 5.41) is 0. The SMILES string of the molecule is [H-].[H-].[H-].[K+].[O-][Cl+3]([O-])([O-])O.[Ti+4]. The van der Waals surface area contributed by atoms with Crippen LogP contribution in [0.4, 0.5) is 0 Å². The Hall–Kier alpha value is 2.48. The average molecular weight is 190 g/mol. The predicted octanol–water partition coefficient (Wildman–Crippen LogP) is -6.79. The summed E-state index contributed by atoms with van der Waals surface area (Å²) in [6.45, 7) is 0. The van der Waals surface area contributed by atoms with E-state index in [1.54, 1.807) is 0 Å². The molecule has 0 aromatic carbocycles. The van der Waals surface area contributed by atoms with E-state index in [1.807, 2.05) is 0 Å². The Morgan fingerprint density at radius 3 is 1.29 bits per heavy atom. The molecule has 0 fully saturated rings. The molecule has 0 aliphatic carbocycles. The Balaban J connectivity index is -0.00000000800. The molecule has 7 heteroatoms. The maximum Gasteiger partial charge on any atom is 4.00 e. The minimum atomic E-state index is -4.69. The molecule has 0 saturated heterocycles. The van der Waals surface area contributed by atoms with Gasteiger partial charge in [0.25, 0.3) is 0 Å². The number of hydrogen-bond acceptors (Lipinski definition) is 4. The summed E-state index contributed by atoms with van der Waals surface area (Å²) in [6, 6.07) is 0. The van der Waals surface area contributed by atoms with Crippen molar-refractivity contribution in [1.82, 2.24) is 0 Å². The Labute approximate surface area is 104 Å². The van der Waals surface area contributed by atoms with E-state index >= 15 is 0 Å². The standard InChI is InChI=1S/ClHO4.K.Ti.3H/c2-1(3,4)5;;;;;/h(H,2,3,4,5);;;;;/q;+1;+4;3*-1. The summed E-state index contributed by atoms with van der Waals surface area (Å²) in [5.41, 5.74) is 0. The van der Waals surface area contributed by atoms with Gasteiger partial charge in [-0.05, 0) is 0 Å². The third-order valence-electron chi connectivity index (χ3n) is 0. The van der Waals surface area contributed by atoms with Crippen molar-refractivity contribution in [1.29, 1.82) is 0 Å². The maximum atomic E-state index is 8.60. The summed E-state index contributed by atoms with van der Waals surface area (Å²) < 4.78 is 32.7. The molecular weight excluding hydrogens is 186 g/mol. The molecular formula is H4ClKO4Ti+2. The van der Waals surface area contributed by atoms with Gasteiger partial charge in [-0.2, -0.15) is 14.0 Å². The molecule has 0 amide bonds. The van der Waals surface area contributed by atoms with Crippen LogP contribution < -0.4 is 65.4 Å². The molecule has 38 valence electrons. The third-order valence-corrected chi connectivity index (χ3v) is 0. The Morgan fingerprint density at radius 1 is 1.29 bits per heavy atom. The van der Waals surface area contributed by atoms with E-state index in [-0.39, 0.29) is 77.4 Å². The molecule has 0 aromatic heterocycles. The van der Waals surface area contributed by atoms with Gasteiger partial charge >= 0.3 is 73.1 Å². The second-order valence-electron chi connectivity index (χ2n) is 0.396. The van der Waals surface area contributed by atoms with Crippen LogP contribution in [0.2, 0.25) is 0 Å². The molecule has 0 rings (SSSR count). The zero-order valence-corrected chi connectivity index (χ0v) is 8.99. The third kappa shape index (κ3) is 57.9. The van der Waals surface area contributed by atoms with Crippen LogP contribution in [0.15, 0.2) is 0 Å². The summed E-state index contributed by atoms with van der Waals surface area (Å²) in [6.07, 6.45) is 0. The van der Waals surface area contributed by atoms with E-state index in [1.165, 1.54) is 0 Å². The Bertz CT molecular complexity index is 36.0. The van der Waals surface area contributed by atoms with Crippen LogP contribution in [0, 0.1) is 10.2 Å². The van der Waals surface area contributed by atoms with Gasteiger partial charge in [0.1, 0.15) is 0 Å². The first-order chi connectivity index (χ1) is 2.00. The Morgan fingerprint density at radius 2 is 1.29 bits per heavy atom. The van der Waals surface area contributed by atoms with Crippen LogP contribution in [0.25, 0.3) is 0 Å². The second kappa shape index (κ2) is 6.60. The van der Waals surface area contributed by atoms with E-state index < -0.39 is 10.2 Å². The summed E-state index contributed by atoms with van der Waals surface area (Å²) in [5.74, 6) is 0. The van der Waals surface area contributed by atoms with E-state index in [9.17, 15) is 0 Å². The predicted molar refractivity (Wildman–Crippen MR) is 5.55 cm³/mol. The van der Waals surface area contributed by atoms with Crippen molar-refractivity contribution in [2.45, 2.75) is 0 Å². The van der Waals surface area contributed by atoms with Gasteiger partial charge in [-0.25, -0.2) is 0 Å². The minimum Gasteiger partial charge on any atom is -1.00 e. The number of halogens is 1. The van der Waals surface area contributed by atoms with Gasteiger partial charge in [0.15, 0.2) is 0 Å². The normalized spacial score (nSPS) is 8.57. The van der Waals surface area contributed by atoms with Gasteiger partial charge in [0.05, 0.1) is 14.9 Å². The average Bonchev–Trinajstić information content (AvgIpc) is 0.722. The topological polar surface area (TPSA) is 89.4 Å². The van der Waals surface area contributed by atoms with E-state index in [2.05, 4.69) is 0 Å². The molecule has 0 saturated carbocycles. The molecule has 4 nitrogen and oxygen atoms in total. The van der Waals surface area contributed by atoms with Crippen LogP contribution in [-0.2, 0) is 21.7 Å². The minimum absolute atomic E-state index is 0. The largest absolute Gasteiger partial charge is 4.00 e. The van der Waals surface area contributed by atoms with Crippen molar-refractivity contribution in [3.05, 3.63) is 0 Å². The zero-order valence-electron chi connectivity index (χ0n) is 6.55. The van der Waals surface area contributed by atoms with Crippen molar-refractivity contribution < 1.29 is 106 Å². The molecule has 0 aliphatic heterocycles. The van der Waals surface area contributed by atoms with Gasteiger partial charge in [-0.3, -0.25) is 0 Å². The molecule has 0 heterocycles. The molecule has 0 bridgehead atoms. The molecule has 0 spiro atoms. The monoisotopic (exact) mass is 190 g/mol. The fourth-order valence-corrected chi connectivity index (χ4v) is 0. The van der Waals surface area contributed by atoms with Crippen molar-refractivity contribution in [3.8, 4) is 0 Å². The van der Waals surface area contributed by atoms with Crippen LogP contribution in [0.5, 0.6) is 0 Å². The molecule has 7 heavy (non-hydrogen) atoms. The van der Waals surface area contributed by atoms with Gasteiger partial charge in [0, 0.05) is 0 Å². The second-order valence-corrected chi connectivity index (χ2v) is 1.19. The van der Waals surface area contributed by atoms with Crippen molar-refractivity contribution in [2.75, 3.05) is 0 Å². The zero-order chi connectivity index (χ0) is 4.50. The summed E-state index contributed by atoms with van der Waals surface area (Å²) >= 11 is 0. The first kappa shape index (κ1) is 16.2. The van der Waals surface area contributed by atoms with Crippen molar-refractivity contribution >= 4 is 0 Å². The van der Waals surface area contributed by atoms with Crippen LogP contribution >= 0.6 is 0 Å². The quantitative estimate of drug-likeness (QED) is 0.385. The van der Waals surface area contributed by atoms with Crippen molar-refractivity contribution in [2.24, 2.45) is 0 Å². The van der Waals surface area contributed by atoms with Crippen LogP contribution in [0.1, 0.15) is 4.28 Å². The fourth-order valence-electron chi connectivity index (χ4n) is 0. The van der Waals surface area contributed by atoms with E-state index in [4.69, 9.17) is 18.6 Å². The van der Waals surface area contributed by atoms with Crippen LogP contribution in [-0.4, -0.2) is 4.66 Å². The number of hydrogen-bond donors (Lipinski definition) is 1. The van der Waals surface area contributed by atoms with Crippen LogP contribution in [0.3, 0.4) is 0 Å². The summed E-state index contributed by atoms with van der Waals surface area (Å²) in [4.78, 5) is 0. The smallest absolute Gasteiger partial charge is 1.00 e. The maximum absolute atomic E-state index is 8.60. The first-order valence-electron chi connectivity index (χ1n) is 0.632. The van der Waals surface area contributed by atoms with E-state index in [0.717, 1.165) is 0 Å². The number of rotatable bonds is 0. The first-order valence-corrected chi connectivity index (χ1v) is 1.90. The fraction of sp³-hybridized carbons (Fsp3) is 0. The molecule has 1 N–H and O–H groups in total. The van der Waals surface area contributed by atoms with E-state index in [0.29, 0.717) is 0 Å². The van der Waals surface area contributed by atoms with Gasteiger partial charge in [0.2, 0.25) is 0 Å². The van der Waals surface area contributed by atoms with Crippen molar-refractivity contribution in [3.63, 3.8) is 0 Å². The molecule has 0 radical (unpaired) electrons. The molecule has 0 unspecified atom stereocenters. The molecule has 0 atom stereocenters. The Kier molecular flexibility index (Phi) is 15.3.